The van der Waals surface area contributed by atoms with E-state index >= 15 is 0 Å². The van der Waals surface area contributed by atoms with Crippen LogP contribution in [0.25, 0.3) is 0 Å². The number of hydrogen-bond donors (Lipinski definition) is 1. The topological polar surface area (TPSA) is 67.7 Å². The number of rotatable bonds is 4. The van der Waals surface area contributed by atoms with Crippen LogP contribution < -0.4 is 14.4 Å². The summed E-state index contributed by atoms with van der Waals surface area (Å²) in [6.45, 7) is 2.38. The molecule has 6 nitrogen and oxygen atoms in total. The molecule has 1 unspecified atom stereocenters. The summed E-state index contributed by atoms with van der Waals surface area (Å²) >= 11 is 0. The number of piperidine rings is 1. The third kappa shape index (κ3) is 3.75. The molecule has 0 spiro atoms. The number of aliphatic hydroxyl groups is 1. The van der Waals surface area contributed by atoms with Gasteiger partial charge in [0.05, 0.1) is 19.8 Å². The molecule has 4 rings (SSSR count). The van der Waals surface area contributed by atoms with Gasteiger partial charge in [0.2, 0.25) is 0 Å². The number of aromatic nitrogens is 2. The Balaban J connectivity index is 1.42. The second-order valence-electron chi connectivity index (χ2n) is 7.14. The molecule has 0 radical (unpaired) electrons. The smallest absolute Gasteiger partial charge is 0.132 e. The Labute approximate surface area is 153 Å². The minimum absolute atomic E-state index is 0.175. The second kappa shape index (κ2) is 7.50. The van der Waals surface area contributed by atoms with Crippen molar-refractivity contribution in [1.29, 1.82) is 0 Å². The van der Waals surface area contributed by atoms with Gasteiger partial charge >= 0.3 is 0 Å². The maximum absolute atomic E-state index is 9.68. The van der Waals surface area contributed by atoms with E-state index in [9.17, 15) is 5.11 Å². The van der Waals surface area contributed by atoms with Crippen molar-refractivity contribution in [3.63, 3.8) is 0 Å². The third-order valence-corrected chi connectivity index (χ3v) is 5.25. The van der Waals surface area contributed by atoms with Crippen LogP contribution >= 0.6 is 0 Å². The van der Waals surface area contributed by atoms with E-state index in [0.717, 1.165) is 61.8 Å². The van der Waals surface area contributed by atoms with Crippen LogP contribution in [-0.4, -0.2) is 48.0 Å². The fourth-order valence-corrected chi connectivity index (χ4v) is 3.73. The summed E-state index contributed by atoms with van der Waals surface area (Å²) in [4.78, 5) is 11.1. The maximum atomic E-state index is 9.68. The van der Waals surface area contributed by atoms with E-state index in [4.69, 9.17) is 9.47 Å². The van der Waals surface area contributed by atoms with E-state index in [1.54, 1.807) is 13.4 Å². The van der Waals surface area contributed by atoms with E-state index < -0.39 is 0 Å². The number of anilines is 1. The quantitative estimate of drug-likeness (QED) is 0.907. The largest absolute Gasteiger partial charge is 0.497 e. The van der Waals surface area contributed by atoms with E-state index in [2.05, 4.69) is 27.0 Å². The molecule has 2 aliphatic rings. The molecule has 0 aliphatic carbocycles. The molecule has 2 aliphatic heterocycles. The molecule has 1 saturated heterocycles. The van der Waals surface area contributed by atoms with Crippen LogP contribution in [0.3, 0.4) is 0 Å². The highest BCUT2D eigenvalue weighted by Gasteiger charge is 2.22. The molecule has 1 aromatic carbocycles. The normalized spacial score (nSPS) is 20.4. The molecule has 0 bridgehead atoms. The molecule has 6 heteroatoms. The van der Waals surface area contributed by atoms with Crippen molar-refractivity contribution in [1.82, 2.24) is 9.97 Å². The molecule has 0 saturated carbocycles. The lowest BCUT2D eigenvalue weighted by molar-refractivity contribution is 0.145. The predicted octanol–water partition coefficient (Wildman–Crippen LogP) is 2.24. The Morgan fingerprint density at radius 1 is 1.23 bits per heavy atom. The molecule has 2 aromatic rings. The summed E-state index contributed by atoms with van der Waals surface area (Å²) in [7, 11) is 1.67. The van der Waals surface area contributed by atoms with E-state index in [1.165, 1.54) is 5.56 Å². The summed E-state index contributed by atoms with van der Waals surface area (Å²) in [5.41, 5.74) is 2.27. The van der Waals surface area contributed by atoms with Crippen LogP contribution in [0.2, 0.25) is 0 Å². The van der Waals surface area contributed by atoms with Gasteiger partial charge in [0.15, 0.2) is 0 Å². The summed E-state index contributed by atoms with van der Waals surface area (Å²) in [6, 6.07) is 8.11. The van der Waals surface area contributed by atoms with Crippen molar-refractivity contribution in [3.05, 3.63) is 41.9 Å². The molecule has 1 fully saturated rings. The molecule has 0 amide bonds. The number of methoxy groups -OCH3 is 1. The van der Waals surface area contributed by atoms with Gasteiger partial charge in [0, 0.05) is 36.8 Å². The molecule has 3 heterocycles. The highest BCUT2D eigenvalue weighted by Crippen LogP contribution is 2.32. The van der Waals surface area contributed by atoms with Gasteiger partial charge in [0.25, 0.3) is 0 Å². The summed E-state index contributed by atoms with van der Waals surface area (Å²) in [6.07, 6.45) is 4.93. The molecular weight excluding hydrogens is 330 g/mol. The first-order chi connectivity index (χ1) is 12.7. The van der Waals surface area contributed by atoms with Gasteiger partial charge in [-0.25, -0.2) is 9.97 Å². The lowest BCUT2D eigenvalue weighted by Gasteiger charge is -2.30. The number of nitrogens with zero attached hydrogens (tertiary/aromatic N) is 3. The van der Waals surface area contributed by atoms with Crippen LogP contribution in [0.5, 0.6) is 11.5 Å². The predicted molar refractivity (Wildman–Crippen MR) is 98.9 cm³/mol. The van der Waals surface area contributed by atoms with Crippen LogP contribution in [0.1, 0.15) is 24.1 Å². The van der Waals surface area contributed by atoms with Gasteiger partial charge < -0.3 is 19.5 Å². The van der Waals surface area contributed by atoms with E-state index in [0.29, 0.717) is 12.5 Å². The minimum Gasteiger partial charge on any atom is -0.497 e. The Morgan fingerprint density at radius 3 is 2.88 bits per heavy atom. The van der Waals surface area contributed by atoms with E-state index in [1.807, 2.05) is 12.1 Å². The summed E-state index contributed by atoms with van der Waals surface area (Å²) in [5, 5.41) is 9.68. The number of ether oxygens (including phenoxy) is 2. The average Bonchev–Trinajstić information content (AvgIpc) is 2.68. The Bertz CT molecular complexity index is 760. The van der Waals surface area contributed by atoms with Gasteiger partial charge in [-0.3, -0.25) is 0 Å². The zero-order chi connectivity index (χ0) is 17.9. The number of hydrogen-bond acceptors (Lipinski definition) is 6. The number of benzene rings is 1. The maximum Gasteiger partial charge on any atom is 0.132 e. The van der Waals surface area contributed by atoms with Gasteiger partial charge in [0.1, 0.15) is 23.6 Å². The first-order valence-corrected chi connectivity index (χ1v) is 9.25. The Hall–Kier alpha value is -2.34. The van der Waals surface area contributed by atoms with Crippen LogP contribution in [0.15, 0.2) is 30.6 Å². The number of fused-ring (bicyclic) bond motifs is 1. The molecular formula is C20H25N3O3. The minimum atomic E-state index is -0.175. The fraction of sp³-hybridized carbons (Fsp3) is 0.500. The van der Waals surface area contributed by atoms with Crippen molar-refractivity contribution in [3.8, 4) is 11.5 Å². The molecule has 1 N–H and O–H groups in total. The zero-order valence-corrected chi connectivity index (χ0v) is 15.1. The summed E-state index contributed by atoms with van der Waals surface area (Å²) < 4.78 is 11.2. The van der Waals surface area contributed by atoms with Crippen molar-refractivity contribution < 1.29 is 14.6 Å². The average molecular weight is 355 g/mol. The van der Waals surface area contributed by atoms with Gasteiger partial charge in [-0.15, -0.1) is 0 Å². The second-order valence-corrected chi connectivity index (χ2v) is 7.14. The van der Waals surface area contributed by atoms with Gasteiger partial charge in [-0.05, 0) is 37.3 Å². The lowest BCUT2D eigenvalue weighted by Crippen LogP contribution is -2.36. The monoisotopic (exact) mass is 355 g/mol. The highest BCUT2D eigenvalue weighted by molar-refractivity contribution is 5.43. The van der Waals surface area contributed by atoms with Crippen LogP contribution in [0, 0.1) is 5.92 Å². The Kier molecular flexibility index (Phi) is 4.93. The van der Waals surface area contributed by atoms with Gasteiger partial charge in [-0.2, -0.15) is 0 Å². The Morgan fingerprint density at radius 2 is 2.08 bits per heavy atom. The highest BCUT2D eigenvalue weighted by atomic mass is 16.5. The van der Waals surface area contributed by atoms with Crippen molar-refractivity contribution in [2.75, 3.05) is 31.7 Å². The summed E-state index contributed by atoms with van der Waals surface area (Å²) in [5.74, 6) is 3.12. The van der Waals surface area contributed by atoms with Crippen molar-refractivity contribution in [2.24, 2.45) is 5.92 Å². The van der Waals surface area contributed by atoms with Crippen molar-refractivity contribution >= 4 is 5.82 Å². The molecule has 138 valence electrons. The SMILES string of the molecule is COc1ccc2c(c1)OCC(Cc1cc(N3CCC(O)CC3)ncn1)C2. The standard InChI is InChI=1S/C20H25N3O3/c1-25-18-3-2-15-8-14(12-26-19(15)11-18)9-16-10-20(22-13-21-16)23-6-4-17(24)5-7-23/h2-3,10-11,13-14,17,24H,4-9,12H2,1H3. The molecule has 1 atom stereocenters. The fourth-order valence-electron chi connectivity index (χ4n) is 3.73. The van der Waals surface area contributed by atoms with Crippen LogP contribution in [-0.2, 0) is 12.8 Å². The molecule has 26 heavy (non-hydrogen) atoms. The first-order valence-electron chi connectivity index (χ1n) is 9.25. The third-order valence-electron chi connectivity index (χ3n) is 5.25. The zero-order valence-electron chi connectivity index (χ0n) is 15.1. The van der Waals surface area contributed by atoms with Crippen molar-refractivity contribution in [2.45, 2.75) is 31.8 Å². The van der Waals surface area contributed by atoms with E-state index in [-0.39, 0.29) is 6.10 Å². The lowest BCUT2D eigenvalue weighted by atomic mass is 9.92. The van der Waals surface area contributed by atoms with Gasteiger partial charge in [-0.1, -0.05) is 6.07 Å². The number of aliphatic hydroxyl groups excluding tert-OH is 1. The van der Waals surface area contributed by atoms with Crippen LogP contribution in [0.4, 0.5) is 5.82 Å². The first kappa shape index (κ1) is 17.1. The molecule has 1 aromatic heterocycles.